The largest absolute Gasteiger partial charge is 0.256 e. The number of nitrogens with zero attached hydrogens (tertiary/aromatic N) is 1. The summed E-state index contributed by atoms with van der Waals surface area (Å²) in [6.45, 7) is 13.8. The van der Waals surface area contributed by atoms with Gasteiger partial charge in [0.2, 0.25) is 0 Å². The molecule has 30 heavy (non-hydrogen) atoms. The van der Waals surface area contributed by atoms with Gasteiger partial charge in [-0.1, -0.05) is 70.7 Å². The normalized spacial score (nSPS) is 16.7. The molecule has 1 aliphatic carbocycles. The number of rotatable bonds is 3. The molecule has 0 N–H and O–H groups in total. The van der Waals surface area contributed by atoms with Crippen molar-refractivity contribution in [2.24, 2.45) is 5.92 Å². The zero-order valence-electron chi connectivity index (χ0n) is 19.7. The maximum atomic E-state index is 4.85. The van der Waals surface area contributed by atoms with E-state index in [4.69, 9.17) is 4.98 Å². The highest BCUT2D eigenvalue weighted by Crippen LogP contribution is 2.40. The van der Waals surface area contributed by atoms with Crippen molar-refractivity contribution in [1.82, 2.24) is 4.98 Å². The van der Waals surface area contributed by atoms with Crippen molar-refractivity contribution in [2.45, 2.75) is 85.0 Å². The van der Waals surface area contributed by atoms with Gasteiger partial charge in [0.05, 0.1) is 5.69 Å². The monoisotopic (exact) mass is 399 g/mol. The Morgan fingerprint density at radius 3 is 2.33 bits per heavy atom. The molecule has 1 atom stereocenters. The molecule has 158 valence electrons. The third-order valence-electron chi connectivity index (χ3n) is 7.32. The predicted octanol–water partition coefficient (Wildman–Crippen LogP) is 8.50. The fourth-order valence-electron chi connectivity index (χ4n) is 5.39. The van der Waals surface area contributed by atoms with Gasteiger partial charge in [-0.15, -0.1) is 0 Å². The third-order valence-corrected chi connectivity index (χ3v) is 7.32. The molecule has 1 saturated carbocycles. The highest BCUT2D eigenvalue weighted by Gasteiger charge is 2.23. The van der Waals surface area contributed by atoms with Crippen molar-refractivity contribution in [3.05, 3.63) is 64.8 Å². The fourth-order valence-corrected chi connectivity index (χ4v) is 5.39. The molecule has 1 aromatic heterocycles. The van der Waals surface area contributed by atoms with Crippen molar-refractivity contribution >= 4 is 10.8 Å². The van der Waals surface area contributed by atoms with Gasteiger partial charge in [-0.25, -0.2) is 0 Å². The number of pyridine rings is 1. The van der Waals surface area contributed by atoms with Crippen LogP contribution in [0.15, 0.2) is 42.6 Å². The molecule has 0 spiro atoms. The molecule has 0 radical (unpaired) electrons. The molecular weight excluding hydrogens is 362 g/mol. The third kappa shape index (κ3) is 4.04. The van der Waals surface area contributed by atoms with Crippen LogP contribution in [0.4, 0.5) is 0 Å². The average Bonchev–Trinajstić information content (AvgIpc) is 2.73. The topological polar surface area (TPSA) is 12.9 Å². The Hall–Kier alpha value is -2.15. The molecule has 0 saturated heterocycles. The molecule has 1 aliphatic rings. The van der Waals surface area contributed by atoms with E-state index >= 15 is 0 Å². The molecule has 0 bridgehead atoms. The van der Waals surface area contributed by atoms with Gasteiger partial charge >= 0.3 is 0 Å². The van der Waals surface area contributed by atoms with Gasteiger partial charge in [-0.2, -0.15) is 0 Å². The number of aromatic nitrogens is 1. The molecule has 3 aromatic rings. The van der Waals surface area contributed by atoms with Gasteiger partial charge in [-0.3, -0.25) is 4.98 Å². The number of aryl methyl sites for hydroxylation is 2. The minimum Gasteiger partial charge on any atom is -0.256 e. The minimum atomic E-state index is 0.129. The maximum absolute atomic E-state index is 4.85. The van der Waals surface area contributed by atoms with E-state index in [2.05, 4.69) is 77.9 Å². The second kappa shape index (κ2) is 8.17. The van der Waals surface area contributed by atoms with Crippen LogP contribution in [-0.4, -0.2) is 4.98 Å². The number of hydrogen-bond acceptors (Lipinski definition) is 1. The van der Waals surface area contributed by atoms with Gasteiger partial charge in [0, 0.05) is 17.1 Å². The van der Waals surface area contributed by atoms with E-state index in [1.807, 2.05) is 6.20 Å². The van der Waals surface area contributed by atoms with Crippen LogP contribution in [0, 0.1) is 19.8 Å². The summed E-state index contributed by atoms with van der Waals surface area (Å²) < 4.78 is 0. The van der Waals surface area contributed by atoms with Crippen LogP contribution >= 0.6 is 0 Å². The molecule has 0 amide bonds. The first-order valence-corrected chi connectivity index (χ1v) is 11.8. The SMILES string of the molecule is Cc1cc(-c2nccc3c(C)c(C(C)C4CCCCC4)ccc23)cc(C(C)(C)C)c1. The molecule has 2 aromatic carbocycles. The summed E-state index contributed by atoms with van der Waals surface area (Å²) in [5.74, 6) is 1.47. The molecule has 1 fully saturated rings. The quantitative estimate of drug-likeness (QED) is 0.430. The lowest BCUT2D eigenvalue weighted by Crippen LogP contribution is -2.14. The van der Waals surface area contributed by atoms with Gasteiger partial charge in [-0.05, 0) is 84.2 Å². The summed E-state index contributed by atoms with van der Waals surface area (Å²) in [7, 11) is 0. The Balaban J connectivity index is 1.81. The maximum Gasteiger partial charge on any atom is 0.0780 e. The van der Waals surface area contributed by atoms with E-state index in [-0.39, 0.29) is 5.41 Å². The first-order chi connectivity index (χ1) is 14.3. The first-order valence-electron chi connectivity index (χ1n) is 11.8. The first kappa shape index (κ1) is 21.1. The highest BCUT2D eigenvalue weighted by atomic mass is 14.7. The van der Waals surface area contributed by atoms with Crippen molar-refractivity contribution < 1.29 is 0 Å². The van der Waals surface area contributed by atoms with Gasteiger partial charge < -0.3 is 0 Å². The molecular formula is C29H37N. The van der Waals surface area contributed by atoms with Gasteiger partial charge in [0.1, 0.15) is 0 Å². The fraction of sp³-hybridized carbons (Fsp3) is 0.483. The van der Waals surface area contributed by atoms with E-state index < -0.39 is 0 Å². The zero-order valence-corrected chi connectivity index (χ0v) is 19.7. The average molecular weight is 400 g/mol. The predicted molar refractivity (Wildman–Crippen MR) is 130 cm³/mol. The van der Waals surface area contributed by atoms with Crippen molar-refractivity contribution in [1.29, 1.82) is 0 Å². The lowest BCUT2D eigenvalue weighted by Gasteiger charge is -2.29. The minimum absolute atomic E-state index is 0.129. The molecule has 1 heteroatoms. The molecule has 0 aliphatic heterocycles. The van der Waals surface area contributed by atoms with Crippen LogP contribution < -0.4 is 0 Å². The highest BCUT2D eigenvalue weighted by molar-refractivity contribution is 5.97. The Bertz CT molecular complexity index is 1050. The van der Waals surface area contributed by atoms with Crippen molar-refractivity contribution in [3.8, 4) is 11.3 Å². The van der Waals surface area contributed by atoms with Crippen molar-refractivity contribution in [3.63, 3.8) is 0 Å². The van der Waals surface area contributed by atoms with E-state index in [0.717, 1.165) is 11.6 Å². The molecule has 1 nitrogen and oxygen atoms in total. The molecule has 1 heterocycles. The van der Waals surface area contributed by atoms with Crippen molar-refractivity contribution in [2.75, 3.05) is 0 Å². The smallest absolute Gasteiger partial charge is 0.0780 e. The Kier molecular flexibility index (Phi) is 5.75. The van der Waals surface area contributed by atoms with Crippen LogP contribution in [0.2, 0.25) is 0 Å². The lowest BCUT2D eigenvalue weighted by molar-refractivity contribution is 0.315. The van der Waals surface area contributed by atoms with E-state index in [1.165, 1.54) is 70.7 Å². The summed E-state index contributed by atoms with van der Waals surface area (Å²) in [6, 6.07) is 13.9. The second-order valence-electron chi connectivity index (χ2n) is 10.6. The van der Waals surface area contributed by atoms with Gasteiger partial charge in [0.15, 0.2) is 0 Å². The van der Waals surface area contributed by atoms with Crippen LogP contribution in [0.3, 0.4) is 0 Å². The zero-order chi connectivity index (χ0) is 21.5. The standard InChI is InChI=1S/C29H37N/c1-19-16-23(18-24(17-19)29(4,5)6)28-27-13-12-25(21(3)26(27)14-15-30-28)20(2)22-10-8-7-9-11-22/h12-18,20,22H,7-11H2,1-6H3. The lowest BCUT2D eigenvalue weighted by atomic mass is 9.76. The van der Waals surface area contributed by atoms with Crippen LogP contribution in [0.25, 0.3) is 22.0 Å². The Labute approximate surface area is 182 Å². The number of hydrogen-bond donors (Lipinski definition) is 0. The summed E-state index contributed by atoms with van der Waals surface area (Å²) in [5.41, 5.74) is 8.12. The van der Waals surface area contributed by atoms with E-state index in [0.29, 0.717) is 5.92 Å². The Morgan fingerprint density at radius 1 is 0.900 bits per heavy atom. The van der Waals surface area contributed by atoms with Crippen LogP contribution in [-0.2, 0) is 5.41 Å². The second-order valence-corrected chi connectivity index (χ2v) is 10.6. The summed E-state index contributed by atoms with van der Waals surface area (Å²) >= 11 is 0. The number of benzene rings is 2. The van der Waals surface area contributed by atoms with E-state index in [1.54, 1.807) is 0 Å². The van der Waals surface area contributed by atoms with E-state index in [9.17, 15) is 0 Å². The summed E-state index contributed by atoms with van der Waals surface area (Å²) in [4.78, 5) is 4.85. The summed E-state index contributed by atoms with van der Waals surface area (Å²) in [5, 5.41) is 2.64. The molecule has 4 rings (SSSR count). The number of fused-ring (bicyclic) bond motifs is 1. The molecule has 1 unspecified atom stereocenters. The Morgan fingerprint density at radius 2 is 1.63 bits per heavy atom. The van der Waals surface area contributed by atoms with Crippen LogP contribution in [0.5, 0.6) is 0 Å². The van der Waals surface area contributed by atoms with Gasteiger partial charge in [0.25, 0.3) is 0 Å². The van der Waals surface area contributed by atoms with Crippen LogP contribution in [0.1, 0.15) is 88.0 Å². The summed E-state index contributed by atoms with van der Waals surface area (Å²) in [6.07, 6.45) is 9.00.